The van der Waals surface area contributed by atoms with Gasteiger partial charge in [-0.15, -0.1) is 0 Å². The van der Waals surface area contributed by atoms with Gasteiger partial charge in [0.05, 0.1) is 0 Å². The van der Waals surface area contributed by atoms with Crippen LogP contribution in [-0.4, -0.2) is 18.6 Å². The Morgan fingerprint density at radius 2 is 2.00 bits per heavy atom. The molecule has 1 atom stereocenters. The Balaban J connectivity index is 2.38. The molecule has 1 aromatic carbocycles. The highest BCUT2D eigenvalue weighted by Gasteiger charge is 2.34. The molecule has 1 N–H and O–H groups in total. The second-order valence-corrected chi connectivity index (χ2v) is 7.35. The van der Waals surface area contributed by atoms with E-state index in [4.69, 9.17) is 0 Å². The van der Waals surface area contributed by atoms with E-state index in [2.05, 4.69) is 70.9 Å². The predicted molar refractivity (Wildman–Crippen MR) is 88.7 cm³/mol. The SMILES string of the molecule is Cc1cc2c(cc1CNC(C)C)[C@H](C)CC(C)(C)N2C. The van der Waals surface area contributed by atoms with Gasteiger partial charge in [-0.1, -0.05) is 26.8 Å². The van der Waals surface area contributed by atoms with Gasteiger partial charge in [0, 0.05) is 30.9 Å². The molecule has 0 saturated carbocycles. The van der Waals surface area contributed by atoms with Crippen LogP contribution >= 0.6 is 0 Å². The summed E-state index contributed by atoms with van der Waals surface area (Å²) in [4.78, 5) is 2.45. The monoisotopic (exact) mass is 274 g/mol. The molecule has 2 nitrogen and oxygen atoms in total. The number of nitrogens with one attached hydrogen (secondary N) is 1. The van der Waals surface area contributed by atoms with Gasteiger partial charge in [0.15, 0.2) is 0 Å². The Morgan fingerprint density at radius 3 is 2.60 bits per heavy atom. The first-order chi connectivity index (χ1) is 9.22. The largest absolute Gasteiger partial charge is 0.369 e. The second-order valence-electron chi connectivity index (χ2n) is 7.35. The molecule has 0 fully saturated rings. The molecule has 1 heterocycles. The van der Waals surface area contributed by atoms with Crippen molar-refractivity contribution in [2.45, 2.75) is 72.0 Å². The number of anilines is 1. The summed E-state index contributed by atoms with van der Waals surface area (Å²) in [5, 5.41) is 3.54. The lowest BCUT2D eigenvalue weighted by atomic mass is 9.79. The van der Waals surface area contributed by atoms with Crippen molar-refractivity contribution in [3.05, 3.63) is 28.8 Å². The predicted octanol–water partition coefficient (Wildman–Crippen LogP) is 4.22. The minimum absolute atomic E-state index is 0.247. The van der Waals surface area contributed by atoms with Gasteiger partial charge in [-0.25, -0.2) is 0 Å². The van der Waals surface area contributed by atoms with E-state index in [-0.39, 0.29) is 5.54 Å². The molecule has 2 rings (SSSR count). The van der Waals surface area contributed by atoms with Gasteiger partial charge < -0.3 is 10.2 Å². The lowest BCUT2D eigenvalue weighted by Crippen LogP contribution is -2.45. The summed E-state index contributed by atoms with van der Waals surface area (Å²) in [6.45, 7) is 14.7. The molecular formula is C18H30N2. The Morgan fingerprint density at radius 1 is 1.35 bits per heavy atom. The van der Waals surface area contributed by atoms with Gasteiger partial charge in [-0.2, -0.15) is 0 Å². The third-order valence-electron chi connectivity index (χ3n) is 4.79. The molecule has 0 saturated heterocycles. The fraction of sp³-hybridized carbons (Fsp3) is 0.667. The fourth-order valence-corrected chi connectivity index (χ4v) is 3.27. The number of nitrogens with zero attached hydrogens (tertiary/aromatic N) is 1. The van der Waals surface area contributed by atoms with Crippen LogP contribution in [0.3, 0.4) is 0 Å². The number of aryl methyl sites for hydroxylation is 1. The van der Waals surface area contributed by atoms with Crippen LogP contribution in [0.5, 0.6) is 0 Å². The van der Waals surface area contributed by atoms with Crippen LogP contribution in [-0.2, 0) is 6.54 Å². The number of benzene rings is 1. The zero-order chi connectivity index (χ0) is 15.1. The van der Waals surface area contributed by atoms with E-state index in [1.54, 1.807) is 0 Å². The first-order valence-electron chi connectivity index (χ1n) is 7.83. The van der Waals surface area contributed by atoms with Crippen LogP contribution < -0.4 is 10.2 Å². The molecule has 0 radical (unpaired) electrons. The van der Waals surface area contributed by atoms with Crippen LogP contribution in [0.2, 0.25) is 0 Å². The molecular weight excluding hydrogens is 244 g/mol. The normalized spacial score (nSPS) is 21.2. The van der Waals surface area contributed by atoms with Gasteiger partial charge >= 0.3 is 0 Å². The van der Waals surface area contributed by atoms with Crippen molar-refractivity contribution in [3.8, 4) is 0 Å². The van der Waals surface area contributed by atoms with Gasteiger partial charge in [0.25, 0.3) is 0 Å². The molecule has 112 valence electrons. The Bertz CT molecular complexity index is 488. The third kappa shape index (κ3) is 2.85. The quantitative estimate of drug-likeness (QED) is 0.888. The molecule has 0 amide bonds. The zero-order valence-electron chi connectivity index (χ0n) is 14.2. The Kier molecular flexibility index (Phi) is 4.15. The van der Waals surface area contributed by atoms with E-state index in [9.17, 15) is 0 Å². The van der Waals surface area contributed by atoms with Crippen LogP contribution in [0.1, 0.15) is 63.6 Å². The molecule has 1 aromatic rings. The van der Waals surface area contributed by atoms with Crippen molar-refractivity contribution >= 4 is 5.69 Å². The first kappa shape index (κ1) is 15.4. The van der Waals surface area contributed by atoms with Crippen molar-refractivity contribution < 1.29 is 0 Å². The summed E-state index contributed by atoms with van der Waals surface area (Å²) in [6, 6.07) is 5.34. The van der Waals surface area contributed by atoms with Gasteiger partial charge in [0.1, 0.15) is 0 Å². The second kappa shape index (κ2) is 5.40. The summed E-state index contributed by atoms with van der Waals surface area (Å²) >= 11 is 0. The van der Waals surface area contributed by atoms with Crippen LogP contribution in [0, 0.1) is 6.92 Å². The summed E-state index contributed by atoms with van der Waals surface area (Å²) in [5.74, 6) is 0.634. The van der Waals surface area contributed by atoms with Crippen molar-refractivity contribution in [3.63, 3.8) is 0 Å². The average Bonchev–Trinajstić information content (AvgIpc) is 2.33. The average molecular weight is 274 g/mol. The maximum absolute atomic E-state index is 3.54. The number of hydrogen-bond donors (Lipinski definition) is 1. The van der Waals surface area contributed by atoms with Crippen molar-refractivity contribution in [1.29, 1.82) is 0 Å². The zero-order valence-corrected chi connectivity index (χ0v) is 14.2. The summed E-state index contributed by atoms with van der Waals surface area (Å²) in [7, 11) is 2.23. The molecule has 1 aliphatic rings. The Hall–Kier alpha value is -1.02. The van der Waals surface area contributed by atoms with Crippen molar-refractivity contribution in [1.82, 2.24) is 5.32 Å². The highest BCUT2D eigenvalue weighted by atomic mass is 15.2. The molecule has 0 aromatic heterocycles. The highest BCUT2D eigenvalue weighted by Crippen LogP contribution is 2.43. The lowest BCUT2D eigenvalue weighted by Gasteiger charge is -2.45. The molecule has 0 aliphatic carbocycles. The molecule has 0 bridgehead atoms. The van der Waals surface area contributed by atoms with E-state index in [1.807, 2.05) is 0 Å². The molecule has 0 spiro atoms. The molecule has 20 heavy (non-hydrogen) atoms. The van der Waals surface area contributed by atoms with E-state index in [0.29, 0.717) is 12.0 Å². The van der Waals surface area contributed by atoms with E-state index >= 15 is 0 Å². The lowest BCUT2D eigenvalue weighted by molar-refractivity contribution is 0.395. The first-order valence-corrected chi connectivity index (χ1v) is 7.83. The van der Waals surface area contributed by atoms with E-state index in [0.717, 1.165) is 6.54 Å². The maximum Gasteiger partial charge on any atom is 0.0406 e. The third-order valence-corrected chi connectivity index (χ3v) is 4.79. The van der Waals surface area contributed by atoms with Gasteiger partial charge in [-0.05, 0) is 55.9 Å². The highest BCUT2D eigenvalue weighted by molar-refractivity contribution is 5.62. The van der Waals surface area contributed by atoms with Crippen molar-refractivity contribution in [2.75, 3.05) is 11.9 Å². The topological polar surface area (TPSA) is 15.3 Å². The van der Waals surface area contributed by atoms with Crippen LogP contribution in [0.15, 0.2) is 12.1 Å². The summed E-state index contributed by atoms with van der Waals surface area (Å²) in [5.41, 5.74) is 6.01. The summed E-state index contributed by atoms with van der Waals surface area (Å²) < 4.78 is 0. The molecule has 0 unspecified atom stereocenters. The van der Waals surface area contributed by atoms with E-state index in [1.165, 1.54) is 28.8 Å². The smallest absolute Gasteiger partial charge is 0.0406 e. The summed E-state index contributed by atoms with van der Waals surface area (Å²) in [6.07, 6.45) is 1.22. The number of hydrogen-bond acceptors (Lipinski definition) is 2. The Labute approximate surface area is 124 Å². The van der Waals surface area contributed by atoms with Crippen LogP contribution in [0.4, 0.5) is 5.69 Å². The van der Waals surface area contributed by atoms with Crippen LogP contribution in [0.25, 0.3) is 0 Å². The van der Waals surface area contributed by atoms with E-state index < -0.39 is 0 Å². The molecule has 2 heteroatoms. The maximum atomic E-state index is 3.54. The fourth-order valence-electron chi connectivity index (χ4n) is 3.27. The minimum atomic E-state index is 0.247. The number of rotatable bonds is 3. The van der Waals surface area contributed by atoms with Gasteiger partial charge in [0.2, 0.25) is 0 Å². The van der Waals surface area contributed by atoms with Crippen molar-refractivity contribution in [2.24, 2.45) is 0 Å². The standard InChI is InChI=1S/C18H30N2/c1-12(2)19-11-15-9-16-14(4)10-18(5,6)20(7)17(16)8-13(15)3/h8-9,12,14,19H,10-11H2,1-7H3/t14-/m1/s1. The molecule has 1 aliphatic heterocycles. The van der Waals surface area contributed by atoms with Gasteiger partial charge in [-0.3, -0.25) is 0 Å². The minimum Gasteiger partial charge on any atom is -0.369 e. The number of fused-ring (bicyclic) bond motifs is 1.